The van der Waals surface area contributed by atoms with E-state index in [-0.39, 0.29) is 11.7 Å². The van der Waals surface area contributed by atoms with Crippen molar-refractivity contribution in [2.45, 2.75) is 19.5 Å². The van der Waals surface area contributed by atoms with Gasteiger partial charge in [0, 0.05) is 25.2 Å². The van der Waals surface area contributed by atoms with Gasteiger partial charge in [-0.2, -0.15) is 0 Å². The van der Waals surface area contributed by atoms with Crippen LogP contribution in [0.2, 0.25) is 0 Å². The van der Waals surface area contributed by atoms with Gasteiger partial charge in [0.1, 0.15) is 11.6 Å². The van der Waals surface area contributed by atoms with E-state index >= 15 is 0 Å². The van der Waals surface area contributed by atoms with Crippen LogP contribution in [0.3, 0.4) is 0 Å². The molecule has 0 unspecified atom stereocenters. The van der Waals surface area contributed by atoms with Crippen molar-refractivity contribution in [1.29, 1.82) is 0 Å². The molecule has 0 spiro atoms. The molecule has 2 heterocycles. The Morgan fingerprint density at radius 2 is 2.25 bits per heavy atom. The highest BCUT2D eigenvalue weighted by molar-refractivity contribution is 5.77. The second kappa shape index (κ2) is 5.36. The van der Waals surface area contributed by atoms with E-state index in [1.165, 1.54) is 12.1 Å². The molecule has 3 rings (SSSR count). The van der Waals surface area contributed by atoms with Gasteiger partial charge in [-0.1, -0.05) is 0 Å². The van der Waals surface area contributed by atoms with Crippen molar-refractivity contribution in [1.82, 2.24) is 4.90 Å². The van der Waals surface area contributed by atoms with Gasteiger partial charge < -0.3 is 14.6 Å². The molecule has 0 fully saturated rings. The average Bonchev–Trinajstić information content (AvgIpc) is 2.91. The minimum Gasteiger partial charge on any atom is -0.467 e. The first kappa shape index (κ1) is 12.7. The number of carbonyl (C=O) groups excluding carboxylic acids is 1. The molecule has 1 N–H and O–H groups in total. The summed E-state index contributed by atoms with van der Waals surface area (Å²) in [6.45, 7) is 1.33. The summed E-state index contributed by atoms with van der Waals surface area (Å²) in [7, 11) is 0. The Morgan fingerprint density at radius 3 is 3.05 bits per heavy atom. The lowest BCUT2D eigenvalue weighted by Crippen LogP contribution is -2.33. The van der Waals surface area contributed by atoms with Crippen molar-refractivity contribution in [3.05, 3.63) is 53.7 Å². The molecular weight excluding hydrogens is 259 g/mol. The molecule has 5 heteroatoms. The largest absolute Gasteiger partial charge is 0.467 e. The summed E-state index contributed by atoms with van der Waals surface area (Å²) in [6, 6.07) is 8.23. The van der Waals surface area contributed by atoms with Gasteiger partial charge in [0.15, 0.2) is 0 Å². The van der Waals surface area contributed by atoms with E-state index in [0.717, 1.165) is 17.0 Å². The Bertz CT molecular complexity index is 610. The molecular formula is C15H15FN2O2. The molecule has 104 valence electrons. The van der Waals surface area contributed by atoms with Crippen LogP contribution in [0.5, 0.6) is 0 Å². The van der Waals surface area contributed by atoms with Gasteiger partial charge >= 0.3 is 0 Å². The molecule has 1 amide bonds. The zero-order chi connectivity index (χ0) is 13.9. The number of anilines is 1. The normalized spacial score (nSPS) is 15.2. The third-order valence-corrected chi connectivity index (χ3v) is 3.36. The number of furan rings is 1. The van der Waals surface area contributed by atoms with Crippen molar-refractivity contribution in [2.75, 3.05) is 11.9 Å². The average molecular weight is 274 g/mol. The number of halogens is 1. The standard InChI is InChI=1S/C15H15FN2O2/c16-12-3-4-14-11(8-12)9-18(15(19)5-6-17-14)10-13-2-1-7-20-13/h1-4,7-8,17H,5-6,9-10H2. The lowest BCUT2D eigenvalue weighted by atomic mass is 10.1. The molecule has 0 atom stereocenters. The van der Waals surface area contributed by atoms with Crippen LogP contribution in [0.25, 0.3) is 0 Å². The van der Waals surface area contributed by atoms with Crippen LogP contribution < -0.4 is 5.32 Å². The van der Waals surface area contributed by atoms with Crippen molar-refractivity contribution in [3.63, 3.8) is 0 Å². The monoisotopic (exact) mass is 274 g/mol. The van der Waals surface area contributed by atoms with Crippen molar-refractivity contribution in [3.8, 4) is 0 Å². The van der Waals surface area contributed by atoms with E-state index in [1.807, 2.05) is 6.07 Å². The Morgan fingerprint density at radius 1 is 1.35 bits per heavy atom. The van der Waals surface area contributed by atoms with Gasteiger partial charge in [0.25, 0.3) is 0 Å². The van der Waals surface area contributed by atoms with E-state index in [4.69, 9.17) is 4.42 Å². The van der Waals surface area contributed by atoms with Gasteiger partial charge in [-0.15, -0.1) is 0 Å². The first-order valence-electron chi connectivity index (χ1n) is 6.55. The summed E-state index contributed by atoms with van der Waals surface area (Å²) in [4.78, 5) is 13.8. The maximum atomic E-state index is 13.4. The Kier molecular flexibility index (Phi) is 3.41. The number of amides is 1. The maximum absolute atomic E-state index is 13.4. The Labute approximate surface area is 116 Å². The predicted octanol–water partition coefficient (Wildman–Crippen LogP) is 2.76. The summed E-state index contributed by atoms with van der Waals surface area (Å²) in [5.74, 6) is 0.463. The highest BCUT2D eigenvalue weighted by Crippen LogP contribution is 2.22. The van der Waals surface area contributed by atoms with Crippen LogP contribution in [0.4, 0.5) is 10.1 Å². The van der Waals surface area contributed by atoms with Gasteiger partial charge in [-0.3, -0.25) is 4.79 Å². The minimum absolute atomic E-state index is 0.0313. The summed E-state index contributed by atoms with van der Waals surface area (Å²) in [5, 5.41) is 3.16. The number of rotatable bonds is 2. The lowest BCUT2D eigenvalue weighted by molar-refractivity contribution is -0.132. The SMILES string of the molecule is O=C1CCNc2ccc(F)cc2CN1Cc1ccco1. The number of hydrogen-bond acceptors (Lipinski definition) is 3. The van der Waals surface area contributed by atoms with E-state index < -0.39 is 0 Å². The summed E-state index contributed by atoms with van der Waals surface area (Å²) in [6.07, 6.45) is 2.00. The fraction of sp³-hybridized carbons (Fsp3) is 0.267. The highest BCUT2D eigenvalue weighted by atomic mass is 19.1. The summed E-state index contributed by atoms with van der Waals surface area (Å²) < 4.78 is 18.7. The predicted molar refractivity (Wildman–Crippen MR) is 72.5 cm³/mol. The molecule has 1 aliphatic rings. The zero-order valence-corrected chi connectivity index (χ0v) is 10.9. The van der Waals surface area contributed by atoms with Gasteiger partial charge in [0.05, 0.1) is 12.8 Å². The van der Waals surface area contributed by atoms with Crippen LogP contribution >= 0.6 is 0 Å². The first-order chi connectivity index (χ1) is 9.72. The topological polar surface area (TPSA) is 45.5 Å². The van der Waals surface area contributed by atoms with Crippen LogP contribution in [-0.2, 0) is 17.9 Å². The number of carbonyl (C=O) groups is 1. The molecule has 0 saturated heterocycles. The quantitative estimate of drug-likeness (QED) is 0.916. The van der Waals surface area contributed by atoms with E-state index in [2.05, 4.69) is 5.32 Å². The molecule has 1 aromatic heterocycles. The molecule has 0 bridgehead atoms. The Hall–Kier alpha value is -2.30. The smallest absolute Gasteiger partial charge is 0.225 e. The minimum atomic E-state index is -0.295. The van der Waals surface area contributed by atoms with E-state index in [0.29, 0.717) is 26.1 Å². The third-order valence-electron chi connectivity index (χ3n) is 3.36. The van der Waals surface area contributed by atoms with E-state index in [9.17, 15) is 9.18 Å². The third kappa shape index (κ3) is 2.66. The number of nitrogens with one attached hydrogen (secondary N) is 1. The molecule has 4 nitrogen and oxygen atoms in total. The van der Waals surface area contributed by atoms with E-state index in [1.54, 1.807) is 23.3 Å². The molecule has 0 radical (unpaired) electrons. The molecule has 1 aliphatic heterocycles. The van der Waals surface area contributed by atoms with Crippen molar-refractivity contribution in [2.24, 2.45) is 0 Å². The second-order valence-electron chi connectivity index (χ2n) is 4.81. The fourth-order valence-electron chi connectivity index (χ4n) is 2.36. The van der Waals surface area contributed by atoms with Crippen LogP contribution in [0.15, 0.2) is 41.0 Å². The van der Waals surface area contributed by atoms with Crippen molar-refractivity contribution < 1.29 is 13.6 Å². The van der Waals surface area contributed by atoms with Crippen LogP contribution in [0.1, 0.15) is 17.7 Å². The fourth-order valence-corrected chi connectivity index (χ4v) is 2.36. The first-order valence-corrected chi connectivity index (χ1v) is 6.55. The number of nitrogens with zero attached hydrogens (tertiary/aromatic N) is 1. The highest BCUT2D eigenvalue weighted by Gasteiger charge is 2.20. The number of hydrogen-bond donors (Lipinski definition) is 1. The van der Waals surface area contributed by atoms with Crippen molar-refractivity contribution >= 4 is 11.6 Å². The summed E-state index contributed by atoms with van der Waals surface area (Å²) in [5.41, 5.74) is 1.66. The second-order valence-corrected chi connectivity index (χ2v) is 4.81. The summed E-state index contributed by atoms with van der Waals surface area (Å²) >= 11 is 0. The zero-order valence-electron chi connectivity index (χ0n) is 10.9. The Balaban J connectivity index is 1.87. The van der Waals surface area contributed by atoms with Gasteiger partial charge in [0.2, 0.25) is 5.91 Å². The maximum Gasteiger partial charge on any atom is 0.225 e. The van der Waals surface area contributed by atoms with Crippen LogP contribution in [0, 0.1) is 5.82 Å². The van der Waals surface area contributed by atoms with Gasteiger partial charge in [-0.25, -0.2) is 4.39 Å². The molecule has 1 aromatic carbocycles. The number of fused-ring (bicyclic) bond motifs is 1. The van der Waals surface area contributed by atoms with Crippen LogP contribution in [-0.4, -0.2) is 17.4 Å². The molecule has 20 heavy (non-hydrogen) atoms. The molecule has 2 aromatic rings. The number of benzene rings is 1. The van der Waals surface area contributed by atoms with Gasteiger partial charge in [-0.05, 0) is 35.9 Å². The lowest BCUT2D eigenvalue weighted by Gasteiger charge is -2.26. The molecule has 0 aliphatic carbocycles. The molecule has 0 saturated carbocycles.